The van der Waals surface area contributed by atoms with Crippen LogP contribution >= 0.6 is 11.6 Å². The Hall–Kier alpha value is -1.82. The maximum atomic E-state index is 11.7. The van der Waals surface area contributed by atoms with Crippen molar-refractivity contribution in [2.75, 3.05) is 0 Å². The average Bonchev–Trinajstić information content (AvgIpc) is 2.90. The SMILES string of the molecule is Cc1nn(C)cc1CNC(=O)CCn1cc(Cl)cn1. The Labute approximate surface area is 116 Å². The minimum absolute atomic E-state index is 0.0186. The molecule has 0 bridgehead atoms. The highest BCUT2D eigenvalue weighted by molar-refractivity contribution is 6.30. The zero-order valence-electron chi connectivity index (χ0n) is 10.9. The van der Waals surface area contributed by atoms with Crippen LogP contribution in [-0.2, 0) is 24.9 Å². The van der Waals surface area contributed by atoms with Crippen LogP contribution in [0.25, 0.3) is 0 Å². The molecule has 0 spiro atoms. The van der Waals surface area contributed by atoms with Gasteiger partial charge in [0.05, 0.1) is 16.9 Å². The first-order chi connectivity index (χ1) is 9.04. The highest BCUT2D eigenvalue weighted by Crippen LogP contribution is 2.06. The summed E-state index contributed by atoms with van der Waals surface area (Å²) in [6, 6.07) is 0. The number of rotatable bonds is 5. The Morgan fingerprint density at radius 3 is 2.84 bits per heavy atom. The largest absolute Gasteiger partial charge is 0.352 e. The van der Waals surface area contributed by atoms with E-state index < -0.39 is 0 Å². The minimum Gasteiger partial charge on any atom is -0.352 e. The van der Waals surface area contributed by atoms with E-state index in [1.165, 1.54) is 0 Å². The van der Waals surface area contributed by atoms with E-state index in [1.54, 1.807) is 21.8 Å². The summed E-state index contributed by atoms with van der Waals surface area (Å²) in [7, 11) is 1.86. The monoisotopic (exact) mass is 281 g/mol. The molecule has 0 aliphatic rings. The third-order valence-corrected chi connectivity index (χ3v) is 2.96. The van der Waals surface area contributed by atoms with Crippen molar-refractivity contribution >= 4 is 17.5 Å². The number of carbonyl (C=O) groups is 1. The van der Waals surface area contributed by atoms with Gasteiger partial charge in [-0.3, -0.25) is 14.2 Å². The molecule has 19 heavy (non-hydrogen) atoms. The first kappa shape index (κ1) is 13.6. The van der Waals surface area contributed by atoms with Crippen molar-refractivity contribution in [3.05, 3.63) is 34.9 Å². The van der Waals surface area contributed by atoms with Crippen molar-refractivity contribution < 1.29 is 4.79 Å². The number of halogens is 1. The smallest absolute Gasteiger partial charge is 0.222 e. The van der Waals surface area contributed by atoms with Crippen LogP contribution in [0.15, 0.2) is 18.6 Å². The summed E-state index contributed by atoms with van der Waals surface area (Å²) < 4.78 is 3.39. The maximum absolute atomic E-state index is 11.7. The van der Waals surface area contributed by atoms with Gasteiger partial charge < -0.3 is 5.32 Å². The number of hydrogen-bond acceptors (Lipinski definition) is 3. The summed E-state index contributed by atoms with van der Waals surface area (Å²) in [6.07, 6.45) is 5.53. The molecule has 0 aromatic carbocycles. The molecule has 0 saturated carbocycles. The van der Waals surface area contributed by atoms with Gasteiger partial charge in [-0.25, -0.2) is 0 Å². The summed E-state index contributed by atoms with van der Waals surface area (Å²) in [5.41, 5.74) is 1.96. The first-order valence-corrected chi connectivity index (χ1v) is 6.36. The fraction of sp³-hybridized carbons (Fsp3) is 0.417. The zero-order chi connectivity index (χ0) is 13.8. The Bertz CT molecular complexity index is 574. The molecule has 0 radical (unpaired) electrons. The van der Waals surface area contributed by atoms with Crippen molar-refractivity contribution in [3.63, 3.8) is 0 Å². The van der Waals surface area contributed by atoms with Gasteiger partial charge in [0.15, 0.2) is 0 Å². The zero-order valence-corrected chi connectivity index (χ0v) is 11.7. The molecule has 0 unspecified atom stereocenters. The molecular weight excluding hydrogens is 266 g/mol. The number of amides is 1. The van der Waals surface area contributed by atoms with Crippen LogP contribution in [0.4, 0.5) is 0 Å². The van der Waals surface area contributed by atoms with Crippen LogP contribution in [0.2, 0.25) is 5.02 Å². The van der Waals surface area contributed by atoms with Crippen LogP contribution in [0.3, 0.4) is 0 Å². The summed E-state index contributed by atoms with van der Waals surface area (Å²) >= 11 is 5.74. The Morgan fingerprint density at radius 2 is 2.26 bits per heavy atom. The predicted molar refractivity (Wildman–Crippen MR) is 71.6 cm³/mol. The number of carbonyl (C=O) groups excluding carboxylic acids is 1. The predicted octanol–water partition coefficient (Wildman–Crippen LogP) is 1.28. The lowest BCUT2D eigenvalue weighted by Crippen LogP contribution is -2.24. The average molecular weight is 282 g/mol. The van der Waals surface area contributed by atoms with Crippen molar-refractivity contribution in [1.82, 2.24) is 24.9 Å². The maximum Gasteiger partial charge on any atom is 0.222 e. The molecule has 2 heterocycles. The summed E-state index contributed by atoms with van der Waals surface area (Å²) in [5, 5.41) is 11.7. The molecular formula is C12H16ClN5O. The van der Waals surface area contributed by atoms with E-state index >= 15 is 0 Å². The van der Waals surface area contributed by atoms with Crippen molar-refractivity contribution in [1.29, 1.82) is 0 Å². The molecule has 6 nitrogen and oxygen atoms in total. The number of nitrogens with zero attached hydrogens (tertiary/aromatic N) is 4. The molecule has 0 aliphatic carbocycles. The third kappa shape index (κ3) is 3.82. The van der Waals surface area contributed by atoms with Gasteiger partial charge in [0.2, 0.25) is 5.91 Å². The van der Waals surface area contributed by atoms with E-state index in [2.05, 4.69) is 15.5 Å². The highest BCUT2D eigenvalue weighted by Gasteiger charge is 2.06. The van der Waals surface area contributed by atoms with Gasteiger partial charge >= 0.3 is 0 Å². The van der Waals surface area contributed by atoms with E-state index in [9.17, 15) is 4.79 Å². The summed E-state index contributed by atoms with van der Waals surface area (Å²) in [4.78, 5) is 11.7. The van der Waals surface area contributed by atoms with Crippen LogP contribution in [0.5, 0.6) is 0 Å². The van der Waals surface area contributed by atoms with Crippen molar-refractivity contribution in [3.8, 4) is 0 Å². The molecule has 0 saturated heterocycles. The molecule has 2 aromatic rings. The van der Waals surface area contributed by atoms with Gasteiger partial charge in [-0.15, -0.1) is 0 Å². The van der Waals surface area contributed by atoms with Gasteiger partial charge in [-0.1, -0.05) is 11.6 Å². The fourth-order valence-electron chi connectivity index (χ4n) is 1.78. The lowest BCUT2D eigenvalue weighted by Gasteiger charge is -2.04. The van der Waals surface area contributed by atoms with Crippen LogP contribution in [-0.4, -0.2) is 25.5 Å². The van der Waals surface area contributed by atoms with Crippen molar-refractivity contribution in [2.45, 2.75) is 26.4 Å². The van der Waals surface area contributed by atoms with Gasteiger partial charge in [0, 0.05) is 44.5 Å². The Morgan fingerprint density at radius 1 is 1.47 bits per heavy atom. The lowest BCUT2D eigenvalue weighted by atomic mass is 10.2. The van der Waals surface area contributed by atoms with Crippen LogP contribution < -0.4 is 5.32 Å². The molecule has 102 valence electrons. The van der Waals surface area contributed by atoms with Gasteiger partial charge in [0.1, 0.15) is 0 Å². The van der Waals surface area contributed by atoms with Gasteiger partial charge in [-0.05, 0) is 6.92 Å². The molecule has 0 atom stereocenters. The molecule has 7 heteroatoms. The number of aryl methyl sites for hydroxylation is 3. The van der Waals surface area contributed by atoms with E-state index in [0.717, 1.165) is 11.3 Å². The highest BCUT2D eigenvalue weighted by atomic mass is 35.5. The molecule has 0 fully saturated rings. The second-order valence-electron chi connectivity index (χ2n) is 4.36. The van der Waals surface area contributed by atoms with Gasteiger partial charge in [0.25, 0.3) is 0 Å². The number of nitrogens with one attached hydrogen (secondary N) is 1. The molecule has 1 N–H and O–H groups in total. The number of aromatic nitrogens is 4. The van der Waals surface area contributed by atoms with E-state index in [1.807, 2.05) is 20.2 Å². The molecule has 2 aromatic heterocycles. The standard InChI is InChI=1S/C12H16ClN5O/c1-9-10(7-17(2)16-9)5-14-12(19)3-4-18-8-11(13)6-15-18/h6-8H,3-5H2,1-2H3,(H,14,19). The molecule has 1 amide bonds. The summed E-state index contributed by atoms with van der Waals surface area (Å²) in [5.74, 6) is -0.0186. The van der Waals surface area contributed by atoms with E-state index in [0.29, 0.717) is 24.5 Å². The molecule has 2 rings (SSSR count). The normalized spacial score (nSPS) is 10.7. The minimum atomic E-state index is -0.0186. The van der Waals surface area contributed by atoms with Crippen molar-refractivity contribution in [2.24, 2.45) is 7.05 Å². The Kier molecular flexibility index (Phi) is 4.21. The second kappa shape index (κ2) is 5.88. The van der Waals surface area contributed by atoms with Gasteiger partial charge in [-0.2, -0.15) is 10.2 Å². The van der Waals surface area contributed by atoms with E-state index in [4.69, 9.17) is 11.6 Å². The second-order valence-corrected chi connectivity index (χ2v) is 4.80. The lowest BCUT2D eigenvalue weighted by molar-refractivity contribution is -0.121. The summed E-state index contributed by atoms with van der Waals surface area (Å²) in [6.45, 7) is 2.94. The fourth-order valence-corrected chi connectivity index (χ4v) is 1.94. The quantitative estimate of drug-likeness (QED) is 0.898. The first-order valence-electron chi connectivity index (χ1n) is 5.98. The Balaban J connectivity index is 1.77. The van der Waals surface area contributed by atoms with E-state index in [-0.39, 0.29) is 5.91 Å². The van der Waals surface area contributed by atoms with Crippen LogP contribution in [0, 0.1) is 6.92 Å². The third-order valence-electron chi connectivity index (χ3n) is 2.76. The van der Waals surface area contributed by atoms with Crippen LogP contribution in [0.1, 0.15) is 17.7 Å². The topological polar surface area (TPSA) is 64.7 Å². The molecule has 0 aliphatic heterocycles. The number of hydrogen-bond donors (Lipinski definition) is 1.